The van der Waals surface area contributed by atoms with Crippen LogP contribution in [-0.2, 0) is 4.79 Å². The van der Waals surface area contributed by atoms with Gasteiger partial charge in [0.25, 0.3) is 5.91 Å². The maximum Gasteiger partial charge on any atom is 0.306 e. The molecule has 2 rings (SSSR count). The number of rotatable bonds is 3. The maximum atomic E-state index is 12.3. The molecule has 1 aliphatic rings. The van der Waals surface area contributed by atoms with Crippen LogP contribution in [0.5, 0.6) is 0 Å². The van der Waals surface area contributed by atoms with E-state index in [2.05, 4.69) is 38.5 Å². The molecular formula is C13H13BrINO3. The molecule has 1 N–H and O–H groups in total. The highest BCUT2D eigenvalue weighted by Gasteiger charge is 2.37. The first-order valence-corrected chi connectivity index (χ1v) is 7.74. The molecule has 1 unspecified atom stereocenters. The van der Waals surface area contributed by atoms with Gasteiger partial charge in [0.15, 0.2) is 0 Å². The van der Waals surface area contributed by atoms with Gasteiger partial charge in [-0.2, -0.15) is 0 Å². The smallest absolute Gasteiger partial charge is 0.306 e. The molecule has 0 spiro atoms. The Bertz CT molecular complexity index is 529. The number of carboxylic acid groups (broad SMARTS) is 1. The minimum absolute atomic E-state index is 0.0424. The van der Waals surface area contributed by atoms with Gasteiger partial charge in [-0.3, -0.25) is 9.59 Å². The van der Waals surface area contributed by atoms with Crippen LogP contribution in [0, 0.1) is 15.4 Å². The van der Waals surface area contributed by atoms with Crippen molar-refractivity contribution in [2.45, 2.75) is 6.92 Å². The Morgan fingerprint density at radius 3 is 2.68 bits per heavy atom. The molecule has 0 radical (unpaired) electrons. The van der Waals surface area contributed by atoms with Crippen LogP contribution in [0.2, 0.25) is 0 Å². The zero-order chi connectivity index (χ0) is 14.2. The molecule has 0 bridgehead atoms. The van der Waals surface area contributed by atoms with Crippen molar-refractivity contribution in [3.63, 3.8) is 0 Å². The summed E-state index contributed by atoms with van der Waals surface area (Å²) >= 11 is 5.54. The van der Waals surface area contributed by atoms with Gasteiger partial charge in [0.1, 0.15) is 0 Å². The molecule has 0 aromatic heterocycles. The molecule has 19 heavy (non-hydrogen) atoms. The summed E-state index contributed by atoms with van der Waals surface area (Å²) in [6.45, 7) is 2.73. The number of halogens is 2. The van der Waals surface area contributed by atoms with E-state index in [0.717, 1.165) is 8.04 Å². The lowest BCUT2D eigenvalue weighted by molar-refractivity contribution is -0.144. The molecule has 1 aromatic rings. The van der Waals surface area contributed by atoms with Gasteiger partial charge >= 0.3 is 5.97 Å². The molecule has 0 aliphatic carbocycles. The summed E-state index contributed by atoms with van der Waals surface area (Å²) in [6, 6.07) is 5.61. The number of benzene rings is 1. The first-order valence-electron chi connectivity index (χ1n) is 5.87. The van der Waals surface area contributed by atoms with E-state index in [-0.39, 0.29) is 11.8 Å². The lowest BCUT2D eigenvalue weighted by Crippen LogP contribution is -2.53. The molecule has 1 amide bonds. The number of amides is 1. The van der Waals surface area contributed by atoms with Gasteiger partial charge in [0.2, 0.25) is 0 Å². The minimum atomic E-state index is -0.799. The second-order valence-corrected chi connectivity index (χ2v) is 6.82. The molecule has 1 aromatic carbocycles. The SMILES string of the molecule is CC(C(=O)O)C1CN(C(=O)c2cc(I)ccc2Br)C1. The average Bonchev–Trinajstić information content (AvgIpc) is 2.29. The van der Waals surface area contributed by atoms with Crippen molar-refractivity contribution >= 4 is 50.4 Å². The number of likely N-dealkylation sites (tertiary alicyclic amines) is 1. The number of carbonyl (C=O) groups excluding carboxylic acids is 1. The Labute approximate surface area is 133 Å². The standard InChI is InChI=1S/C13H13BrINO3/c1-7(13(18)19)8-5-16(6-8)12(17)10-4-9(15)2-3-11(10)14/h2-4,7-8H,5-6H2,1H3,(H,18,19). The summed E-state index contributed by atoms with van der Waals surface area (Å²) in [5.41, 5.74) is 0.633. The molecule has 1 aliphatic heterocycles. The number of carboxylic acids is 1. The molecule has 1 saturated heterocycles. The zero-order valence-electron chi connectivity index (χ0n) is 10.3. The maximum absolute atomic E-state index is 12.3. The van der Waals surface area contributed by atoms with E-state index in [1.54, 1.807) is 11.8 Å². The summed E-state index contributed by atoms with van der Waals surface area (Å²) in [7, 11) is 0. The van der Waals surface area contributed by atoms with Crippen LogP contribution >= 0.6 is 38.5 Å². The van der Waals surface area contributed by atoms with Crippen molar-refractivity contribution in [2.24, 2.45) is 11.8 Å². The van der Waals surface area contributed by atoms with E-state index in [0.29, 0.717) is 18.7 Å². The van der Waals surface area contributed by atoms with E-state index >= 15 is 0 Å². The van der Waals surface area contributed by atoms with Crippen molar-refractivity contribution in [1.29, 1.82) is 0 Å². The Morgan fingerprint density at radius 2 is 2.11 bits per heavy atom. The Hall–Kier alpha value is -0.630. The molecule has 1 heterocycles. The summed E-state index contributed by atoms with van der Waals surface area (Å²) in [6.07, 6.45) is 0. The lowest BCUT2D eigenvalue weighted by Gasteiger charge is -2.41. The first-order chi connectivity index (χ1) is 8.90. The van der Waals surface area contributed by atoms with E-state index < -0.39 is 11.9 Å². The van der Waals surface area contributed by atoms with Crippen molar-refractivity contribution < 1.29 is 14.7 Å². The van der Waals surface area contributed by atoms with Crippen molar-refractivity contribution in [3.05, 3.63) is 31.8 Å². The highest BCUT2D eigenvalue weighted by Crippen LogP contribution is 2.28. The predicted molar refractivity (Wildman–Crippen MR) is 83.1 cm³/mol. The van der Waals surface area contributed by atoms with E-state index in [1.165, 1.54) is 0 Å². The second kappa shape index (κ2) is 5.78. The third-order valence-corrected chi connectivity index (χ3v) is 4.81. The summed E-state index contributed by atoms with van der Waals surface area (Å²) in [5.74, 6) is -1.18. The normalized spacial score (nSPS) is 16.9. The van der Waals surface area contributed by atoms with Crippen LogP contribution in [0.1, 0.15) is 17.3 Å². The Morgan fingerprint density at radius 1 is 1.47 bits per heavy atom. The van der Waals surface area contributed by atoms with E-state index in [9.17, 15) is 9.59 Å². The third-order valence-electron chi connectivity index (χ3n) is 3.45. The highest BCUT2D eigenvalue weighted by molar-refractivity contribution is 14.1. The van der Waals surface area contributed by atoms with Gasteiger partial charge in [0.05, 0.1) is 11.5 Å². The van der Waals surface area contributed by atoms with Crippen molar-refractivity contribution in [2.75, 3.05) is 13.1 Å². The zero-order valence-corrected chi connectivity index (χ0v) is 14.0. The second-order valence-electron chi connectivity index (χ2n) is 4.72. The van der Waals surface area contributed by atoms with Gasteiger partial charge in [-0.25, -0.2) is 0 Å². The van der Waals surface area contributed by atoms with E-state index in [4.69, 9.17) is 5.11 Å². The van der Waals surface area contributed by atoms with Crippen LogP contribution < -0.4 is 0 Å². The number of nitrogens with zero attached hydrogens (tertiary/aromatic N) is 1. The Balaban J connectivity index is 2.04. The first kappa shape index (κ1) is 14.8. The fourth-order valence-corrected chi connectivity index (χ4v) is 2.94. The van der Waals surface area contributed by atoms with Crippen LogP contribution in [-0.4, -0.2) is 35.0 Å². The number of aliphatic carboxylic acids is 1. The monoisotopic (exact) mass is 437 g/mol. The molecule has 0 saturated carbocycles. The fraction of sp³-hybridized carbons (Fsp3) is 0.385. The summed E-state index contributed by atoms with van der Waals surface area (Å²) in [5, 5.41) is 8.93. The molecule has 1 fully saturated rings. The molecule has 6 heteroatoms. The Kier molecular flexibility index (Phi) is 4.50. The quantitative estimate of drug-likeness (QED) is 0.739. The van der Waals surface area contributed by atoms with Gasteiger partial charge in [-0.1, -0.05) is 6.92 Å². The predicted octanol–water partition coefficient (Wildman–Crippen LogP) is 2.85. The minimum Gasteiger partial charge on any atom is -0.481 e. The van der Waals surface area contributed by atoms with E-state index in [1.807, 2.05) is 18.2 Å². The number of hydrogen-bond acceptors (Lipinski definition) is 2. The lowest BCUT2D eigenvalue weighted by atomic mass is 9.86. The van der Waals surface area contributed by atoms with Crippen molar-refractivity contribution in [3.8, 4) is 0 Å². The number of carbonyl (C=O) groups is 2. The fourth-order valence-electron chi connectivity index (χ4n) is 2.03. The summed E-state index contributed by atoms with van der Waals surface area (Å²) in [4.78, 5) is 24.8. The topological polar surface area (TPSA) is 57.6 Å². The van der Waals surface area contributed by atoms with Gasteiger partial charge in [0, 0.05) is 27.1 Å². The van der Waals surface area contributed by atoms with Crippen LogP contribution in [0.3, 0.4) is 0 Å². The highest BCUT2D eigenvalue weighted by atomic mass is 127. The van der Waals surface area contributed by atoms with Gasteiger partial charge in [-0.15, -0.1) is 0 Å². The van der Waals surface area contributed by atoms with Gasteiger partial charge in [-0.05, 0) is 56.7 Å². The van der Waals surface area contributed by atoms with Gasteiger partial charge < -0.3 is 10.0 Å². The third kappa shape index (κ3) is 3.10. The summed E-state index contributed by atoms with van der Waals surface area (Å²) < 4.78 is 1.77. The van der Waals surface area contributed by atoms with Crippen molar-refractivity contribution in [1.82, 2.24) is 4.90 Å². The molecular weight excluding hydrogens is 425 g/mol. The van der Waals surface area contributed by atoms with Crippen LogP contribution in [0.4, 0.5) is 0 Å². The largest absolute Gasteiger partial charge is 0.481 e. The molecule has 1 atom stereocenters. The molecule has 4 nitrogen and oxygen atoms in total. The van der Waals surface area contributed by atoms with Crippen LogP contribution in [0.25, 0.3) is 0 Å². The average molecular weight is 438 g/mol. The number of hydrogen-bond donors (Lipinski definition) is 1. The molecule has 102 valence electrons. The van der Waals surface area contributed by atoms with Crippen LogP contribution in [0.15, 0.2) is 22.7 Å².